The first-order valence-electron chi connectivity index (χ1n) is 3.86. The fourth-order valence-corrected chi connectivity index (χ4v) is 1.71. The maximum Gasteiger partial charge on any atom is 0.152 e. The average molecular weight is 147 g/mol. The molecule has 2 atom stereocenters. The first-order valence-corrected chi connectivity index (χ1v) is 3.86. The van der Waals surface area contributed by atoms with Crippen molar-refractivity contribution in [2.24, 2.45) is 0 Å². The first kappa shape index (κ1) is 5.61. The van der Waals surface area contributed by atoms with Crippen molar-refractivity contribution < 1.29 is 4.84 Å². The first-order chi connectivity index (χ1) is 5.31. The molecule has 1 saturated heterocycles. The van der Waals surface area contributed by atoms with Crippen molar-refractivity contribution >= 4 is 0 Å². The van der Waals surface area contributed by atoms with Gasteiger partial charge in [0.25, 0.3) is 0 Å². The molecule has 2 nitrogen and oxygen atoms in total. The number of benzene rings is 1. The van der Waals surface area contributed by atoms with Gasteiger partial charge in [-0.3, -0.25) is 0 Å². The van der Waals surface area contributed by atoms with Crippen LogP contribution in [-0.4, -0.2) is 11.6 Å². The van der Waals surface area contributed by atoms with Crippen LogP contribution in [-0.2, 0) is 5.54 Å². The lowest BCUT2D eigenvalue weighted by atomic mass is 10.0. The van der Waals surface area contributed by atoms with E-state index in [1.165, 1.54) is 5.56 Å². The van der Waals surface area contributed by atoms with E-state index in [1.807, 2.05) is 17.2 Å². The third-order valence-electron chi connectivity index (χ3n) is 2.57. The van der Waals surface area contributed by atoms with Crippen LogP contribution in [0.1, 0.15) is 12.5 Å². The van der Waals surface area contributed by atoms with Crippen LogP contribution in [0.15, 0.2) is 24.3 Å². The molecule has 3 rings (SSSR count). The number of hydrogen-bond donors (Lipinski definition) is 0. The van der Waals surface area contributed by atoms with Gasteiger partial charge in [-0.05, 0) is 13.0 Å². The molecule has 11 heavy (non-hydrogen) atoms. The highest BCUT2D eigenvalue weighted by molar-refractivity contribution is 5.45. The van der Waals surface area contributed by atoms with E-state index >= 15 is 0 Å². The summed E-state index contributed by atoms with van der Waals surface area (Å²) in [6.07, 6.45) is 0. The summed E-state index contributed by atoms with van der Waals surface area (Å²) in [7, 11) is 0. The molecular formula is C9H9NO. The average Bonchev–Trinajstić information content (AvgIpc) is 2.57. The summed E-state index contributed by atoms with van der Waals surface area (Å²) < 4.78 is 0. The van der Waals surface area contributed by atoms with Crippen LogP contribution in [0.25, 0.3) is 0 Å². The van der Waals surface area contributed by atoms with Crippen LogP contribution in [0, 0.1) is 0 Å². The zero-order chi connectivity index (χ0) is 7.47. The monoisotopic (exact) mass is 147 g/mol. The minimum absolute atomic E-state index is 0.205. The maximum atomic E-state index is 5.52. The molecule has 0 radical (unpaired) electrons. The van der Waals surface area contributed by atoms with Gasteiger partial charge in [0.05, 0.1) is 12.1 Å². The summed E-state index contributed by atoms with van der Waals surface area (Å²) in [5.41, 5.74) is 1.54. The second kappa shape index (κ2) is 1.43. The molecule has 1 fully saturated rings. The second-order valence-electron chi connectivity index (χ2n) is 3.40. The molecule has 0 aromatic heterocycles. The minimum atomic E-state index is 0.205. The van der Waals surface area contributed by atoms with Gasteiger partial charge in [-0.25, -0.2) is 0 Å². The van der Waals surface area contributed by atoms with Crippen LogP contribution in [0.3, 0.4) is 0 Å². The van der Waals surface area contributed by atoms with Gasteiger partial charge in [0.1, 0.15) is 0 Å². The predicted octanol–water partition coefficient (Wildman–Crippen LogP) is 1.52. The van der Waals surface area contributed by atoms with Crippen LogP contribution < -0.4 is 4.84 Å². The van der Waals surface area contributed by atoms with Gasteiger partial charge in [-0.15, -0.1) is 5.06 Å². The number of nitrogens with zero attached hydrogens (tertiary/aromatic N) is 1. The lowest BCUT2D eigenvalue weighted by Gasteiger charge is -2.00. The molecule has 2 aliphatic rings. The zero-order valence-electron chi connectivity index (χ0n) is 6.37. The van der Waals surface area contributed by atoms with Crippen molar-refractivity contribution in [3.05, 3.63) is 29.8 Å². The lowest BCUT2D eigenvalue weighted by molar-refractivity contribution is 0.0567. The standard InChI is InChI=1S/C9H9NO/c1-9-6-10(9)11-8-5-3-2-4-7(8)9/h2-5H,6H2,1H3. The van der Waals surface area contributed by atoms with Crippen molar-refractivity contribution in [3.63, 3.8) is 0 Å². The molecule has 0 bridgehead atoms. The Balaban J connectivity index is 2.24. The Hall–Kier alpha value is -1.02. The zero-order valence-corrected chi connectivity index (χ0v) is 6.37. The van der Waals surface area contributed by atoms with Gasteiger partial charge in [-0.1, -0.05) is 18.2 Å². The van der Waals surface area contributed by atoms with E-state index in [0.29, 0.717) is 0 Å². The van der Waals surface area contributed by atoms with Crippen molar-refractivity contribution in [1.82, 2.24) is 5.06 Å². The summed E-state index contributed by atoms with van der Waals surface area (Å²) in [6.45, 7) is 3.25. The van der Waals surface area contributed by atoms with Gasteiger partial charge in [0.15, 0.2) is 5.75 Å². The Morgan fingerprint density at radius 3 is 3.09 bits per heavy atom. The topological polar surface area (TPSA) is 12.2 Å². The molecule has 1 aromatic rings. The molecule has 1 aromatic carbocycles. The number of hydrogen-bond acceptors (Lipinski definition) is 2. The number of fused-ring (bicyclic) bond motifs is 3. The molecule has 56 valence electrons. The minimum Gasteiger partial charge on any atom is -0.405 e. The fraction of sp³-hybridized carbons (Fsp3) is 0.333. The highest BCUT2D eigenvalue weighted by atomic mass is 16.7. The van der Waals surface area contributed by atoms with E-state index in [0.717, 1.165) is 12.3 Å². The van der Waals surface area contributed by atoms with Crippen LogP contribution in [0.2, 0.25) is 0 Å². The van der Waals surface area contributed by atoms with Crippen molar-refractivity contribution in [2.45, 2.75) is 12.5 Å². The van der Waals surface area contributed by atoms with Gasteiger partial charge >= 0.3 is 0 Å². The molecule has 2 heteroatoms. The quantitative estimate of drug-likeness (QED) is 0.516. The largest absolute Gasteiger partial charge is 0.405 e. The Labute approximate surface area is 65.3 Å². The molecule has 0 amide bonds. The third kappa shape index (κ3) is 0.521. The molecule has 0 saturated carbocycles. The summed E-state index contributed by atoms with van der Waals surface area (Å²) in [6, 6.07) is 8.23. The Morgan fingerprint density at radius 1 is 1.45 bits per heavy atom. The van der Waals surface area contributed by atoms with E-state index in [9.17, 15) is 0 Å². The normalized spacial score (nSPS) is 37.4. The maximum absolute atomic E-state index is 5.52. The number of hydroxylamine groups is 2. The molecule has 0 N–H and O–H groups in total. The summed E-state index contributed by atoms with van der Waals surface area (Å²) in [5.74, 6) is 1.03. The SMILES string of the molecule is CC12CN1Oc1ccccc12. The van der Waals surface area contributed by atoms with E-state index in [-0.39, 0.29) is 5.54 Å². The van der Waals surface area contributed by atoms with Crippen LogP contribution in [0.5, 0.6) is 5.75 Å². The highest BCUT2D eigenvalue weighted by Crippen LogP contribution is 2.51. The van der Waals surface area contributed by atoms with Crippen molar-refractivity contribution in [1.29, 1.82) is 0 Å². The molecule has 0 aliphatic carbocycles. The second-order valence-corrected chi connectivity index (χ2v) is 3.40. The fourth-order valence-electron chi connectivity index (χ4n) is 1.71. The van der Waals surface area contributed by atoms with Gasteiger partial charge in [0.2, 0.25) is 0 Å². The van der Waals surface area contributed by atoms with Gasteiger partial charge in [0, 0.05) is 5.56 Å². The molecule has 2 aliphatic heterocycles. The van der Waals surface area contributed by atoms with E-state index < -0.39 is 0 Å². The third-order valence-corrected chi connectivity index (χ3v) is 2.57. The lowest BCUT2D eigenvalue weighted by Crippen LogP contribution is -2.03. The number of rotatable bonds is 0. The van der Waals surface area contributed by atoms with Crippen molar-refractivity contribution in [2.75, 3.05) is 6.54 Å². The van der Waals surface area contributed by atoms with Gasteiger partial charge in [-0.2, -0.15) is 0 Å². The van der Waals surface area contributed by atoms with Gasteiger partial charge < -0.3 is 4.84 Å². The summed E-state index contributed by atoms with van der Waals surface area (Å²) >= 11 is 0. The molecule has 2 heterocycles. The molecule has 2 unspecified atom stereocenters. The van der Waals surface area contributed by atoms with Crippen LogP contribution >= 0.6 is 0 Å². The predicted molar refractivity (Wildman–Crippen MR) is 41.1 cm³/mol. The number of para-hydroxylation sites is 1. The van der Waals surface area contributed by atoms with E-state index in [1.54, 1.807) is 0 Å². The molecule has 0 spiro atoms. The Bertz CT molecular complexity index is 323. The van der Waals surface area contributed by atoms with E-state index in [4.69, 9.17) is 4.84 Å². The molecular weight excluding hydrogens is 138 g/mol. The van der Waals surface area contributed by atoms with Crippen LogP contribution in [0.4, 0.5) is 0 Å². The Kier molecular flexibility index (Phi) is 0.730. The smallest absolute Gasteiger partial charge is 0.152 e. The summed E-state index contributed by atoms with van der Waals surface area (Å²) in [4.78, 5) is 5.52. The van der Waals surface area contributed by atoms with Crippen molar-refractivity contribution in [3.8, 4) is 5.75 Å². The summed E-state index contributed by atoms with van der Waals surface area (Å²) in [5, 5.41) is 2.01. The Morgan fingerprint density at radius 2 is 2.27 bits per heavy atom. The highest BCUT2D eigenvalue weighted by Gasteiger charge is 2.58. The van der Waals surface area contributed by atoms with E-state index in [2.05, 4.69) is 19.1 Å².